The molecule has 2 saturated heterocycles. The summed E-state index contributed by atoms with van der Waals surface area (Å²) in [5.74, 6) is 0.310. The average Bonchev–Trinajstić information content (AvgIpc) is 2.84. The number of hydrogen-bond donors (Lipinski definition) is 0. The largest absolute Gasteiger partial charge is 0.339 e. The molecule has 3 aliphatic rings. The topological polar surface area (TPSA) is 47.1 Å². The number of rotatable bonds is 5. The van der Waals surface area contributed by atoms with Crippen LogP contribution in [0.25, 0.3) is 11.1 Å². The SMILES string of the molecule is O=C(CN1CCN(C(=O)c2ccccc2-c2ccccc2)CC1)N1CCN(C2CCC2)CC1. The quantitative estimate of drug-likeness (QED) is 0.709. The van der Waals surface area contributed by atoms with Gasteiger partial charge in [0.15, 0.2) is 0 Å². The third-order valence-electron chi connectivity index (χ3n) is 7.52. The summed E-state index contributed by atoms with van der Waals surface area (Å²) in [5.41, 5.74) is 2.78. The lowest BCUT2D eigenvalue weighted by molar-refractivity contribution is -0.135. The Morgan fingerprint density at radius 1 is 0.727 bits per heavy atom. The van der Waals surface area contributed by atoms with Crippen LogP contribution < -0.4 is 0 Å². The Morgan fingerprint density at radius 2 is 1.36 bits per heavy atom. The van der Waals surface area contributed by atoms with Crippen LogP contribution in [0.4, 0.5) is 0 Å². The van der Waals surface area contributed by atoms with E-state index >= 15 is 0 Å². The Hall–Kier alpha value is -2.70. The molecule has 2 aromatic carbocycles. The third kappa shape index (κ3) is 4.97. The number of carbonyl (C=O) groups excluding carboxylic acids is 2. The minimum absolute atomic E-state index is 0.0764. The molecule has 6 nitrogen and oxygen atoms in total. The average molecular weight is 447 g/mol. The molecule has 1 aliphatic carbocycles. The number of piperazine rings is 2. The fourth-order valence-corrected chi connectivity index (χ4v) is 5.20. The molecule has 0 bridgehead atoms. The summed E-state index contributed by atoms with van der Waals surface area (Å²) in [7, 11) is 0. The van der Waals surface area contributed by atoms with E-state index in [1.165, 1.54) is 19.3 Å². The second-order valence-corrected chi connectivity index (χ2v) is 9.48. The Labute approximate surface area is 196 Å². The van der Waals surface area contributed by atoms with E-state index in [4.69, 9.17) is 0 Å². The van der Waals surface area contributed by atoms with Crippen molar-refractivity contribution in [3.05, 3.63) is 60.2 Å². The highest BCUT2D eigenvalue weighted by atomic mass is 16.2. The van der Waals surface area contributed by atoms with E-state index in [0.717, 1.165) is 62.0 Å². The highest BCUT2D eigenvalue weighted by Gasteiger charge is 2.30. The van der Waals surface area contributed by atoms with E-state index in [2.05, 4.69) is 9.80 Å². The zero-order valence-electron chi connectivity index (χ0n) is 19.4. The standard InChI is InChI=1S/C27H34N4O2/c32-26(30-19-17-29(18-20-30)23-9-6-10-23)21-28-13-15-31(16-14-28)27(33)25-12-5-4-11-24(25)22-7-2-1-3-8-22/h1-5,7-8,11-12,23H,6,9-10,13-21H2. The maximum atomic E-state index is 13.3. The summed E-state index contributed by atoms with van der Waals surface area (Å²) in [5, 5.41) is 0. The van der Waals surface area contributed by atoms with E-state index < -0.39 is 0 Å². The lowest BCUT2D eigenvalue weighted by atomic mass is 9.91. The van der Waals surface area contributed by atoms with Gasteiger partial charge in [0.1, 0.15) is 0 Å². The van der Waals surface area contributed by atoms with Gasteiger partial charge in [0.2, 0.25) is 5.91 Å². The molecule has 33 heavy (non-hydrogen) atoms. The smallest absolute Gasteiger partial charge is 0.254 e. The maximum absolute atomic E-state index is 13.3. The first-order valence-corrected chi connectivity index (χ1v) is 12.4. The molecule has 2 aromatic rings. The fourth-order valence-electron chi connectivity index (χ4n) is 5.20. The van der Waals surface area contributed by atoms with Crippen LogP contribution in [-0.2, 0) is 4.79 Å². The molecular weight excluding hydrogens is 412 g/mol. The fraction of sp³-hybridized carbons (Fsp3) is 0.481. The second-order valence-electron chi connectivity index (χ2n) is 9.48. The van der Waals surface area contributed by atoms with Crippen molar-refractivity contribution in [1.82, 2.24) is 19.6 Å². The van der Waals surface area contributed by atoms with Crippen LogP contribution in [0.15, 0.2) is 54.6 Å². The summed E-state index contributed by atoms with van der Waals surface area (Å²) in [6.07, 6.45) is 4.01. The molecule has 0 unspecified atom stereocenters. The van der Waals surface area contributed by atoms with E-state index in [-0.39, 0.29) is 11.8 Å². The minimum atomic E-state index is 0.0764. The first-order chi connectivity index (χ1) is 16.2. The second kappa shape index (κ2) is 10.1. The van der Waals surface area contributed by atoms with Gasteiger partial charge in [-0.1, -0.05) is 55.0 Å². The third-order valence-corrected chi connectivity index (χ3v) is 7.52. The first-order valence-electron chi connectivity index (χ1n) is 12.4. The highest BCUT2D eigenvalue weighted by molar-refractivity contribution is 6.01. The van der Waals surface area contributed by atoms with Gasteiger partial charge >= 0.3 is 0 Å². The molecule has 0 aromatic heterocycles. The van der Waals surface area contributed by atoms with Crippen LogP contribution in [0.5, 0.6) is 0 Å². The van der Waals surface area contributed by atoms with Gasteiger partial charge in [-0.15, -0.1) is 0 Å². The molecule has 174 valence electrons. The van der Waals surface area contributed by atoms with Crippen molar-refractivity contribution in [2.24, 2.45) is 0 Å². The predicted molar refractivity (Wildman–Crippen MR) is 130 cm³/mol. The lowest BCUT2D eigenvalue weighted by Crippen LogP contribution is -2.56. The van der Waals surface area contributed by atoms with Crippen molar-refractivity contribution in [2.45, 2.75) is 25.3 Å². The normalized spacial score (nSPS) is 20.5. The maximum Gasteiger partial charge on any atom is 0.254 e. The van der Waals surface area contributed by atoms with Crippen molar-refractivity contribution in [3.8, 4) is 11.1 Å². The Kier molecular flexibility index (Phi) is 6.74. The molecular formula is C27H34N4O2. The minimum Gasteiger partial charge on any atom is -0.339 e. The molecule has 1 saturated carbocycles. The zero-order chi connectivity index (χ0) is 22.6. The van der Waals surface area contributed by atoms with Gasteiger partial charge < -0.3 is 9.80 Å². The van der Waals surface area contributed by atoms with Gasteiger partial charge in [-0.05, 0) is 30.0 Å². The van der Waals surface area contributed by atoms with Crippen molar-refractivity contribution in [3.63, 3.8) is 0 Å². The summed E-state index contributed by atoms with van der Waals surface area (Å²) in [6, 6.07) is 18.7. The van der Waals surface area contributed by atoms with Gasteiger partial charge in [0, 0.05) is 64.0 Å². The van der Waals surface area contributed by atoms with Crippen molar-refractivity contribution in [2.75, 3.05) is 58.9 Å². The molecule has 2 heterocycles. The van der Waals surface area contributed by atoms with E-state index in [1.54, 1.807) is 0 Å². The monoisotopic (exact) mass is 446 g/mol. The Bertz CT molecular complexity index is 959. The van der Waals surface area contributed by atoms with Gasteiger partial charge in [0.25, 0.3) is 5.91 Å². The van der Waals surface area contributed by atoms with Crippen LogP contribution in [0.1, 0.15) is 29.6 Å². The van der Waals surface area contributed by atoms with Crippen LogP contribution >= 0.6 is 0 Å². The van der Waals surface area contributed by atoms with Crippen LogP contribution in [0, 0.1) is 0 Å². The van der Waals surface area contributed by atoms with E-state index in [1.807, 2.05) is 64.4 Å². The summed E-state index contributed by atoms with van der Waals surface area (Å²) in [6.45, 7) is 6.99. The molecule has 2 amide bonds. The first kappa shape index (κ1) is 22.1. The number of carbonyl (C=O) groups is 2. The summed E-state index contributed by atoms with van der Waals surface area (Å²) < 4.78 is 0. The van der Waals surface area contributed by atoms with Gasteiger partial charge in [-0.25, -0.2) is 0 Å². The highest BCUT2D eigenvalue weighted by Crippen LogP contribution is 2.26. The molecule has 0 atom stereocenters. The molecule has 2 aliphatic heterocycles. The van der Waals surface area contributed by atoms with Crippen LogP contribution in [0.3, 0.4) is 0 Å². The van der Waals surface area contributed by atoms with Crippen molar-refractivity contribution < 1.29 is 9.59 Å². The lowest BCUT2D eigenvalue weighted by Gasteiger charge is -2.43. The van der Waals surface area contributed by atoms with Gasteiger partial charge in [-0.3, -0.25) is 19.4 Å². The van der Waals surface area contributed by atoms with E-state index in [9.17, 15) is 9.59 Å². The zero-order valence-corrected chi connectivity index (χ0v) is 19.4. The molecule has 5 rings (SSSR count). The Morgan fingerprint density at radius 3 is 2.03 bits per heavy atom. The number of hydrogen-bond acceptors (Lipinski definition) is 4. The van der Waals surface area contributed by atoms with Crippen molar-refractivity contribution in [1.29, 1.82) is 0 Å². The Balaban J connectivity index is 1.13. The number of benzene rings is 2. The predicted octanol–water partition coefficient (Wildman–Crippen LogP) is 2.81. The molecule has 0 radical (unpaired) electrons. The summed E-state index contributed by atoms with van der Waals surface area (Å²) >= 11 is 0. The van der Waals surface area contributed by atoms with Crippen molar-refractivity contribution >= 4 is 11.8 Å². The van der Waals surface area contributed by atoms with Gasteiger partial charge in [0.05, 0.1) is 6.54 Å². The molecule has 3 fully saturated rings. The number of nitrogens with zero attached hydrogens (tertiary/aromatic N) is 4. The van der Waals surface area contributed by atoms with Crippen LogP contribution in [-0.4, -0.2) is 96.4 Å². The van der Waals surface area contributed by atoms with E-state index in [0.29, 0.717) is 19.6 Å². The van der Waals surface area contributed by atoms with Gasteiger partial charge in [-0.2, -0.15) is 0 Å². The summed E-state index contributed by atoms with van der Waals surface area (Å²) in [4.78, 5) is 34.9. The molecule has 0 spiro atoms. The van der Waals surface area contributed by atoms with Crippen LogP contribution in [0.2, 0.25) is 0 Å². The molecule has 0 N–H and O–H groups in total. The number of amides is 2. The molecule has 6 heteroatoms.